The zero-order valence-corrected chi connectivity index (χ0v) is 12.6. The first-order valence-electron chi connectivity index (χ1n) is 8.41. The molecular weight excluding hydrogens is 284 g/mol. The van der Waals surface area contributed by atoms with E-state index in [-0.39, 0.29) is 12.0 Å². The van der Waals surface area contributed by atoms with Crippen LogP contribution in [-0.4, -0.2) is 51.7 Å². The molecule has 0 saturated heterocycles. The van der Waals surface area contributed by atoms with Crippen molar-refractivity contribution in [2.24, 2.45) is 35.3 Å². The van der Waals surface area contributed by atoms with Gasteiger partial charge in [0.25, 0.3) is 0 Å². The van der Waals surface area contributed by atoms with Crippen molar-refractivity contribution in [3.63, 3.8) is 0 Å². The highest BCUT2D eigenvalue weighted by Crippen LogP contribution is 2.63. The average molecular weight is 308 g/mol. The fraction of sp³-hybridized carbons (Fsp3) is 0.875. The number of aliphatic carboxylic acids is 2. The largest absolute Gasteiger partial charge is 0.481 e. The molecule has 0 aromatic rings. The van der Waals surface area contributed by atoms with Crippen LogP contribution < -0.4 is 5.73 Å². The van der Waals surface area contributed by atoms with Crippen molar-refractivity contribution in [3.05, 3.63) is 0 Å². The van der Waals surface area contributed by atoms with Crippen LogP contribution in [0.4, 0.5) is 0 Å². The minimum atomic E-state index is -1.36. The molecule has 4 aliphatic rings. The Labute approximate surface area is 129 Å². The molecule has 0 radical (unpaired) electrons. The Morgan fingerprint density at radius 3 is 2.05 bits per heavy atom. The van der Waals surface area contributed by atoms with Gasteiger partial charge in [0.1, 0.15) is 5.54 Å². The van der Waals surface area contributed by atoms with E-state index in [1.54, 1.807) is 0 Å². The third kappa shape index (κ3) is 2.24. The van der Waals surface area contributed by atoms with E-state index >= 15 is 0 Å². The van der Waals surface area contributed by atoms with Gasteiger partial charge in [-0.25, -0.2) is 0 Å². The Morgan fingerprint density at radius 1 is 1.09 bits per heavy atom. The molecule has 4 aliphatic carbocycles. The number of nitrogens with two attached hydrogens (primary N) is 1. The maximum absolute atomic E-state index is 11.6. The van der Waals surface area contributed by atoms with E-state index in [1.165, 1.54) is 25.7 Å². The Hall–Kier alpha value is -1.14. The van der Waals surface area contributed by atoms with Crippen molar-refractivity contribution < 1.29 is 19.8 Å². The molecular formula is C16H24N2O4. The summed E-state index contributed by atoms with van der Waals surface area (Å²) < 4.78 is 0. The first-order chi connectivity index (χ1) is 10.4. The van der Waals surface area contributed by atoms with Crippen LogP contribution in [0.2, 0.25) is 0 Å². The third-order valence-corrected chi connectivity index (χ3v) is 6.19. The van der Waals surface area contributed by atoms with Crippen LogP contribution in [0.3, 0.4) is 0 Å². The van der Waals surface area contributed by atoms with Crippen molar-refractivity contribution in [2.45, 2.75) is 43.7 Å². The van der Waals surface area contributed by atoms with Crippen molar-refractivity contribution in [3.8, 4) is 0 Å². The molecule has 122 valence electrons. The van der Waals surface area contributed by atoms with E-state index in [2.05, 4.69) is 4.90 Å². The molecule has 6 nitrogen and oxygen atoms in total. The maximum Gasteiger partial charge on any atom is 0.324 e. The van der Waals surface area contributed by atoms with E-state index in [0.29, 0.717) is 6.42 Å². The average Bonchev–Trinajstić information content (AvgIpc) is 3.30. The lowest BCUT2D eigenvalue weighted by molar-refractivity contribution is -0.145. The Balaban J connectivity index is 1.56. The van der Waals surface area contributed by atoms with Crippen LogP contribution in [0.5, 0.6) is 0 Å². The van der Waals surface area contributed by atoms with Crippen LogP contribution in [0.25, 0.3) is 0 Å². The summed E-state index contributed by atoms with van der Waals surface area (Å²) in [4.78, 5) is 25.5. The van der Waals surface area contributed by atoms with Gasteiger partial charge in [-0.2, -0.15) is 0 Å². The number of fused-ring (bicyclic) bond motifs is 1. The van der Waals surface area contributed by atoms with Crippen LogP contribution >= 0.6 is 0 Å². The lowest BCUT2D eigenvalue weighted by atomic mass is 9.89. The van der Waals surface area contributed by atoms with Crippen molar-refractivity contribution in [1.82, 2.24) is 4.90 Å². The zero-order valence-electron chi connectivity index (χ0n) is 12.6. The third-order valence-electron chi connectivity index (χ3n) is 6.19. The van der Waals surface area contributed by atoms with Crippen molar-refractivity contribution in [2.75, 3.05) is 13.1 Å². The fourth-order valence-electron chi connectivity index (χ4n) is 4.63. The van der Waals surface area contributed by atoms with Crippen molar-refractivity contribution >= 4 is 11.9 Å². The van der Waals surface area contributed by atoms with Crippen molar-refractivity contribution in [1.29, 1.82) is 0 Å². The highest BCUT2D eigenvalue weighted by molar-refractivity contribution is 5.85. The second-order valence-corrected chi connectivity index (χ2v) is 7.92. The molecule has 0 aromatic carbocycles. The molecule has 4 rings (SSSR count). The summed E-state index contributed by atoms with van der Waals surface area (Å²) in [5, 5.41) is 18.9. The van der Waals surface area contributed by atoms with E-state index < -0.39 is 29.3 Å². The molecule has 0 aromatic heterocycles. The number of rotatable bonds is 7. The summed E-state index contributed by atoms with van der Waals surface area (Å²) in [6, 6.07) is 0.0356. The number of nitrogens with zero attached hydrogens (tertiary/aromatic N) is 1. The summed E-state index contributed by atoms with van der Waals surface area (Å²) in [5.41, 5.74) is 4.79. The second kappa shape index (κ2) is 4.68. The molecule has 22 heavy (non-hydrogen) atoms. The van der Waals surface area contributed by atoms with Crippen LogP contribution in [-0.2, 0) is 9.59 Å². The first kappa shape index (κ1) is 14.5. The predicted molar refractivity (Wildman–Crippen MR) is 78.1 cm³/mol. The van der Waals surface area contributed by atoms with E-state index in [1.807, 2.05) is 0 Å². The smallest absolute Gasteiger partial charge is 0.324 e. The molecule has 4 N–H and O–H groups in total. The van der Waals surface area contributed by atoms with Gasteiger partial charge in [0.05, 0.1) is 5.92 Å². The minimum Gasteiger partial charge on any atom is -0.481 e. The highest BCUT2D eigenvalue weighted by Gasteiger charge is 2.74. The predicted octanol–water partition coefficient (Wildman–Crippen LogP) is 0.610. The number of carboxylic acids is 2. The maximum atomic E-state index is 11.6. The molecule has 4 fully saturated rings. The number of carboxylic acid groups (broad SMARTS) is 2. The number of hydrogen-bond acceptors (Lipinski definition) is 4. The van der Waals surface area contributed by atoms with E-state index in [9.17, 15) is 19.8 Å². The zero-order chi connectivity index (χ0) is 15.6. The van der Waals surface area contributed by atoms with Crippen LogP contribution in [0.15, 0.2) is 0 Å². The summed E-state index contributed by atoms with van der Waals surface area (Å²) in [6.07, 6.45) is 5.39. The minimum absolute atomic E-state index is 0.0356. The molecule has 0 unspecified atom stereocenters. The van der Waals surface area contributed by atoms with Gasteiger partial charge in [-0.15, -0.1) is 0 Å². The SMILES string of the molecule is N[C@@]1(C(=O)O)C[C@@H](N(CC2CC2)CC2CC2)[C@H]2[C@H](C(=O)O)[C@H]21. The molecule has 0 bridgehead atoms. The highest BCUT2D eigenvalue weighted by atomic mass is 16.4. The summed E-state index contributed by atoms with van der Waals surface area (Å²) in [6.45, 7) is 1.98. The molecule has 6 heteroatoms. The van der Waals surface area contributed by atoms with Gasteiger partial charge in [0.15, 0.2) is 0 Å². The molecule has 0 heterocycles. The normalized spacial score (nSPS) is 43.2. The monoisotopic (exact) mass is 308 g/mol. The Morgan fingerprint density at radius 2 is 1.64 bits per heavy atom. The van der Waals surface area contributed by atoms with Crippen LogP contribution in [0, 0.1) is 29.6 Å². The van der Waals surface area contributed by atoms with Gasteiger partial charge in [-0.05, 0) is 49.9 Å². The molecule has 4 saturated carbocycles. The summed E-state index contributed by atoms with van der Waals surface area (Å²) in [7, 11) is 0. The topological polar surface area (TPSA) is 104 Å². The van der Waals surface area contributed by atoms with Gasteiger partial charge in [0, 0.05) is 25.0 Å². The van der Waals surface area contributed by atoms with Gasteiger partial charge < -0.3 is 15.9 Å². The lowest BCUT2D eigenvalue weighted by Gasteiger charge is -2.33. The lowest BCUT2D eigenvalue weighted by Crippen LogP contribution is -2.52. The summed E-state index contributed by atoms with van der Waals surface area (Å²) in [5.74, 6) is -1.51. The van der Waals surface area contributed by atoms with Gasteiger partial charge in [-0.3, -0.25) is 14.5 Å². The molecule has 0 amide bonds. The fourth-order valence-corrected chi connectivity index (χ4v) is 4.63. The second-order valence-electron chi connectivity index (χ2n) is 7.92. The van der Waals surface area contributed by atoms with Gasteiger partial charge >= 0.3 is 11.9 Å². The Bertz CT molecular complexity index is 502. The van der Waals surface area contributed by atoms with Gasteiger partial charge in [-0.1, -0.05) is 0 Å². The number of hydrogen-bond donors (Lipinski definition) is 3. The van der Waals surface area contributed by atoms with E-state index in [4.69, 9.17) is 5.73 Å². The van der Waals surface area contributed by atoms with Gasteiger partial charge in [0.2, 0.25) is 0 Å². The summed E-state index contributed by atoms with van der Waals surface area (Å²) >= 11 is 0. The first-order valence-corrected chi connectivity index (χ1v) is 8.41. The quantitative estimate of drug-likeness (QED) is 0.636. The van der Waals surface area contributed by atoms with E-state index in [0.717, 1.165) is 24.9 Å². The van der Waals surface area contributed by atoms with Crippen LogP contribution in [0.1, 0.15) is 32.1 Å². The number of carbonyl (C=O) groups is 2. The molecule has 0 spiro atoms. The Kier molecular flexibility index (Phi) is 3.07. The standard InChI is InChI=1S/C16H24N2O4/c17-16(15(21)22)5-10(11-12(13(11)16)14(19)20)18(6-8-1-2-8)7-9-3-4-9/h8-13H,1-7,17H2,(H,19,20)(H,21,22)/t10-,11+,12+,13+,16+/m1/s1. The molecule has 5 atom stereocenters. The molecule has 0 aliphatic heterocycles.